The number of carbonyl (C=O) groups is 1. The molecule has 1 aliphatic carbocycles. The molecule has 3 rings (SSSR count). The molecule has 1 saturated carbocycles. The van der Waals surface area contributed by atoms with E-state index in [4.69, 9.17) is 5.73 Å². The first kappa shape index (κ1) is 23.2. The van der Waals surface area contributed by atoms with Crippen LogP contribution in [-0.4, -0.2) is 47.4 Å². The van der Waals surface area contributed by atoms with Gasteiger partial charge in [0.2, 0.25) is 5.91 Å². The number of nitrogens with zero attached hydrogens (tertiary/aromatic N) is 2. The second kappa shape index (κ2) is 10.5. The highest BCUT2D eigenvalue weighted by atomic mass is 35.5. The Morgan fingerprint density at radius 1 is 1.23 bits per heavy atom. The van der Waals surface area contributed by atoms with Crippen molar-refractivity contribution in [1.29, 1.82) is 0 Å². The fraction of sp³-hybridized carbons (Fsp3) is 0.650. The van der Waals surface area contributed by atoms with Gasteiger partial charge in [-0.1, -0.05) is 43.2 Å². The van der Waals surface area contributed by atoms with Crippen LogP contribution < -0.4 is 5.73 Å². The number of likely N-dealkylation sites (tertiary alicyclic amines) is 1. The standard InChI is InChI=1S/C20H31N3O.2ClH/c1-2-23(19(24)20(21)11-6-7-12-20)16-18-10-13-22(15-18)14-17-8-4-3-5-9-17;;/h3-5,8-9,18H,2,6-7,10-16,21H2,1H3;2*1H. The lowest BCUT2D eigenvalue weighted by Gasteiger charge is -2.32. The number of carbonyl (C=O) groups excluding carboxylic acids is 1. The van der Waals surface area contributed by atoms with Crippen LogP contribution in [-0.2, 0) is 11.3 Å². The Morgan fingerprint density at radius 2 is 1.88 bits per heavy atom. The van der Waals surface area contributed by atoms with Gasteiger partial charge in [-0.05, 0) is 44.2 Å². The molecule has 1 aliphatic heterocycles. The fourth-order valence-electron chi connectivity index (χ4n) is 4.25. The Balaban J connectivity index is 0.00000169. The van der Waals surface area contributed by atoms with Gasteiger partial charge in [0.1, 0.15) is 0 Å². The molecule has 6 heteroatoms. The molecule has 2 fully saturated rings. The van der Waals surface area contributed by atoms with Crippen molar-refractivity contribution >= 4 is 30.7 Å². The van der Waals surface area contributed by atoms with Crippen LogP contribution in [0.25, 0.3) is 0 Å². The van der Waals surface area contributed by atoms with Crippen molar-refractivity contribution in [1.82, 2.24) is 9.80 Å². The number of benzene rings is 1. The van der Waals surface area contributed by atoms with Crippen LogP contribution in [0.5, 0.6) is 0 Å². The summed E-state index contributed by atoms with van der Waals surface area (Å²) in [6.07, 6.45) is 5.07. The highest BCUT2D eigenvalue weighted by molar-refractivity contribution is 5.86. The van der Waals surface area contributed by atoms with E-state index in [1.54, 1.807) is 0 Å². The minimum absolute atomic E-state index is 0. The van der Waals surface area contributed by atoms with Gasteiger partial charge < -0.3 is 10.6 Å². The van der Waals surface area contributed by atoms with Crippen LogP contribution in [0.3, 0.4) is 0 Å². The summed E-state index contributed by atoms with van der Waals surface area (Å²) in [7, 11) is 0. The van der Waals surface area contributed by atoms with Crippen molar-refractivity contribution in [2.45, 2.75) is 51.1 Å². The van der Waals surface area contributed by atoms with Crippen molar-refractivity contribution in [3.63, 3.8) is 0 Å². The maximum atomic E-state index is 12.8. The molecule has 4 nitrogen and oxygen atoms in total. The molecule has 1 amide bonds. The SMILES string of the molecule is CCN(CC1CCN(Cc2ccccc2)C1)C(=O)C1(N)CCCC1.Cl.Cl. The van der Waals surface area contributed by atoms with Crippen molar-refractivity contribution in [3.05, 3.63) is 35.9 Å². The first-order chi connectivity index (χ1) is 11.6. The van der Waals surface area contributed by atoms with Crippen molar-refractivity contribution in [3.8, 4) is 0 Å². The van der Waals surface area contributed by atoms with Crippen LogP contribution in [0.2, 0.25) is 0 Å². The predicted molar refractivity (Wildman–Crippen MR) is 112 cm³/mol. The number of amides is 1. The summed E-state index contributed by atoms with van der Waals surface area (Å²) in [6.45, 7) is 6.92. The zero-order chi connectivity index (χ0) is 17.0. The molecule has 0 aromatic heterocycles. The monoisotopic (exact) mass is 401 g/mol. The van der Waals surface area contributed by atoms with Gasteiger partial charge >= 0.3 is 0 Å². The third-order valence-corrected chi connectivity index (χ3v) is 5.69. The first-order valence-corrected chi connectivity index (χ1v) is 9.45. The number of halogens is 2. The molecule has 1 saturated heterocycles. The third-order valence-electron chi connectivity index (χ3n) is 5.69. The maximum Gasteiger partial charge on any atom is 0.242 e. The lowest BCUT2D eigenvalue weighted by molar-refractivity contribution is -0.137. The topological polar surface area (TPSA) is 49.6 Å². The van der Waals surface area contributed by atoms with Gasteiger partial charge in [0.15, 0.2) is 0 Å². The average Bonchev–Trinajstić information content (AvgIpc) is 3.23. The Kier molecular flexibility index (Phi) is 9.39. The van der Waals surface area contributed by atoms with Crippen LogP contribution in [0, 0.1) is 5.92 Å². The van der Waals surface area contributed by atoms with Crippen LogP contribution in [0.4, 0.5) is 0 Å². The molecular weight excluding hydrogens is 369 g/mol. The van der Waals surface area contributed by atoms with Gasteiger partial charge in [-0.25, -0.2) is 0 Å². The Labute approximate surface area is 170 Å². The summed E-state index contributed by atoms with van der Waals surface area (Å²) < 4.78 is 0. The number of hydrogen-bond acceptors (Lipinski definition) is 3. The van der Waals surface area contributed by atoms with Gasteiger partial charge in [-0.2, -0.15) is 0 Å². The predicted octanol–water partition coefficient (Wildman–Crippen LogP) is 3.47. The molecule has 1 aromatic carbocycles. The molecule has 1 aromatic rings. The summed E-state index contributed by atoms with van der Waals surface area (Å²) in [5.74, 6) is 0.756. The molecule has 1 heterocycles. The van der Waals surface area contributed by atoms with E-state index in [0.29, 0.717) is 5.92 Å². The Bertz CT molecular complexity index is 549. The largest absolute Gasteiger partial charge is 0.341 e. The molecule has 1 atom stereocenters. The lowest BCUT2D eigenvalue weighted by Crippen LogP contribution is -2.54. The van der Waals surface area contributed by atoms with Crippen molar-refractivity contribution < 1.29 is 4.79 Å². The van der Waals surface area contributed by atoms with E-state index in [-0.39, 0.29) is 30.7 Å². The van der Waals surface area contributed by atoms with Gasteiger partial charge in [0.05, 0.1) is 5.54 Å². The van der Waals surface area contributed by atoms with Crippen LogP contribution in [0.1, 0.15) is 44.6 Å². The van der Waals surface area contributed by atoms with Crippen molar-refractivity contribution in [2.75, 3.05) is 26.2 Å². The van der Waals surface area contributed by atoms with E-state index >= 15 is 0 Å². The fourth-order valence-corrected chi connectivity index (χ4v) is 4.25. The molecule has 0 spiro atoms. The number of hydrogen-bond donors (Lipinski definition) is 1. The molecule has 2 N–H and O–H groups in total. The smallest absolute Gasteiger partial charge is 0.242 e. The highest BCUT2D eigenvalue weighted by Crippen LogP contribution is 2.30. The number of nitrogens with two attached hydrogens (primary N) is 1. The molecule has 148 valence electrons. The van der Waals surface area contributed by atoms with E-state index in [1.807, 2.05) is 4.90 Å². The van der Waals surface area contributed by atoms with Gasteiger partial charge in [0, 0.05) is 26.2 Å². The normalized spacial score (nSPS) is 21.7. The van der Waals surface area contributed by atoms with Gasteiger partial charge in [0.25, 0.3) is 0 Å². The molecule has 0 radical (unpaired) electrons. The van der Waals surface area contributed by atoms with E-state index in [9.17, 15) is 4.79 Å². The van der Waals surface area contributed by atoms with Crippen LogP contribution >= 0.6 is 24.8 Å². The van der Waals surface area contributed by atoms with Crippen molar-refractivity contribution in [2.24, 2.45) is 11.7 Å². The molecule has 1 unspecified atom stereocenters. The van der Waals surface area contributed by atoms with Crippen LogP contribution in [0.15, 0.2) is 30.3 Å². The quantitative estimate of drug-likeness (QED) is 0.793. The lowest BCUT2D eigenvalue weighted by atomic mass is 9.96. The average molecular weight is 402 g/mol. The third kappa shape index (κ3) is 5.59. The minimum atomic E-state index is -0.585. The second-order valence-corrected chi connectivity index (χ2v) is 7.58. The summed E-state index contributed by atoms with van der Waals surface area (Å²) in [6, 6.07) is 10.6. The van der Waals surface area contributed by atoms with E-state index in [1.165, 1.54) is 12.0 Å². The first-order valence-electron chi connectivity index (χ1n) is 9.45. The summed E-state index contributed by atoms with van der Waals surface area (Å²) in [5.41, 5.74) is 7.17. The maximum absolute atomic E-state index is 12.8. The Morgan fingerprint density at radius 3 is 2.50 bits per heavy atom. The number of rotatable bonds is 6. The Hall–Kier alpha value is -0.810. The van der Waals surface area contributed by atoms with Gasteiger partial charge in [-0.15, -0.1) is 24.8 Å². The zero-order valence-corrected chi connectivity index (χ0v) is 17.4. The van der Waals surface area contributed by atoms with E-state index in [0.717, 1.165) is 58.4 Å². The summed E-state index contributed by atoms with van der Waals surface area (Å²) >= 11 is 0. The summed E-state index contributed by atoms with van der Waals surface area (Å²) in [4.78, 5) is 17.4. The summed E-state index contributed by atoms with van der Waals surface area (Å²) in [5, 5.41) is 0. The number of likely N-dealkylation sites (N-methyl/N-ethyl adjacent to an activating group) is 1. The van der Waals surface area contributed by atoms with Gasteiger partial charge in [-0.3, -0.25) is 9.69 Å². The highest BCUT2D eigenvalue weighted by Gasteiger charge is 2.40. The molecular formula is C20H33Cl2N3O. The van der Waals surface area contributed by atoms with E-state index < -0.39 is 5.54 Å². The second-order valence-electron chi connectivity index (χ2n) is 7.58. The molecule has 2 aliphatic rings. The molecule has 0 bridgehead atoms. The molecule has 26 heavy (non-hydrogen) atoms. The minimum Gasteiger partial charge on any atom is -0.341 e. The van der Waals surface area contributed by atoms with E-state index in [2.05, 4.69) is 42.2 Å². The zero-order valence-electron chi connectivity index (χ0n) is 15.7.